The predicted octanol–water partition coefficient (Wildman–Crippen LogP) is 1.34. The van der Waals surface area contributed by atoms with Gasteiger partial charge < -0.3 is 4.90 Å². The predicted molar refractivity (Wildman–Crippen MR) is 55.8 cm³/mol. The molecule has 0 aromatic carbocycles. The van der Waals surface area contributed by atoms with E-state index in [1.807, 2.05) is 4.90 Å². The molecule has 1 aliphatic carbocycles. The maximum absolute atomic E-state index is 11.6. The van der Waals surface area contributed by atoms with Gasteiger partial charge in [-0.15, -0.1) is 0 Å². The quantitative estimate of drug-likeness (QED) is 0.736. The Labute approximate surface area is 85.8 Å². The van der Waals surface area contributed by atoms with Crippen LogP contribution in [0.4, 0.5) is 0 Å². The average Bonchev–Trinajstić information content (AvgIpc) is 2.84. The van der Waals surface area contributed by atoms with Gasteiger partial charge in [0, 0.05) is 6.54 Å². The number of amides is 1. The molecule has 1 saturated carbocycles. The molecule has 3 heteroatoms. The lowest BCUT2D eigenvalue weighted by Crippen LogP contribution is -2.39. The molecule has 1 amide bonds. The third-order valence-electron chi connectivity index (χ3n) is 3.58. The third kappa shape index (κ3) is 1.78. The molecule has 1 unspecified atom stereocenters. The second-order valence-electron chi connectivity index (χ2n) is 4.83. The molecule has 1 N–H and O–H groups in total. The lowest BCUT2D eigenvalue weighted by Gasteiger charge is -2.26. The molecule has 0 aromatic rings. The Bertz CT molecular complexity index is 235. The van der Waals surface area contributed by atoms with Crippen LogP contribution in [0.5, 0.6) is 0 Å². The van der Waals surface area contributed by atoms with Crippen molar-refractivity contribution in [3.05, 3.63) is 0 Å². The zero-order chi connectivity index (χ0) is 10.2. The van der Waals surface area contributed by atoms with Crippen molar-refractivity contribution in [3.8, 4) is 0 Å². The minimum Gasteiger partial charge on any atom is -0.326 e. The van der Waals surface area contributed by atoms with Crippen LogP contribution in [-0.2, 0) is 4.79 Å². The van der Waals surface area contributed by atoms with Gasteiger partial charge in [-0.3, -0.25) is 10.1 Å². The SMILES string of the molecule is CCCC1(CN2C(=O)CNC2C)CC1. The van der Waals surface area contributed by atoms with Crippen LogP contribution in [-0.4, -0.2) is 30.1 Å². The molecule has 2 rings (SSSR count). The highest BCUT2D eigenvalue weighted by atomic mass is 16.2. The van der Waals surface area contributed by atoms with Crippen LogP contribution in [0.2, 0.25) is 0 Å². The molecular formula is C11H20N2O. The molecule has 2 aliphatic rings. The first-order chi connectivity index (χ1) is 6.67. The number of carbonyl (C=O) groups excluding carboxylic acids is 1. The summed E-state index contributed by atoms with van der Waals surface area (Å²) in [5.74, 6) is 0.278. The van der Waals surface area contributed by atoms with Gasteiger partial charge in [-0.25, -0.2) is 0 Å². The van der Waals surface area contributed by atoms with Gasteiger partial charge in [0.15, 0.2) is 0 Å². The van der Waals surface area contributed by atoms with Gasteiger partial charge in [-0.2, -0.15) is 0 Å². The topological polar surface area (TPSA) is 32.3 Å². The summed E-state index contributed by atoms with van der Waals surface area (Å²) in [6, 6.07) is 0. The number of rotatable bonds is 4. The average molecular weight is 196 g/mol. The van der Waals surface area contributed by atoms with Gasteiger partial charge in [0.1, 0.15) is 0 Å². The smallest absolute Gasteiger partial charge is 0.237 e. The largest absolute Gasteiger partial charge is 0.326 e. The number of carbonyl (C=O) groups is 1. The second-order valence-corrected chi connectivity index (χ2v) is 4.83. The van der Waals surface area contributed by atoms with Crippen molar-refractivity contribution in [2.45, 2.75) is 45.7 Å². The minimum absolute atomic E-state index is 0.247. The molecule has 1 aliphatic heterocycles. The summed E-state index contributed by atoms with van der Waals surface area (Å²) in [4.78, 5) is 13.6. The molecule has 0 radical (unpaired) electrons. The summed E-state index contributed by atoms with van der Waals surface area (Å²) in [7, 11) is 0. The zero-order valence-corrected chi connectivity index (χ0v) is 9.18. The van der Waals surface area contributed by atoms with Gasteiger partial charge in [0.2, 0.25) is 5.91 Å². The first kappa shape index (κ1) is 9.97. The lowest BCUT2D eigenvalue weighted by molar-refractivity contribution is -0.128. The molecule has 0 bridgehead atoms. The summed E-state index contributed by atoms with van der Waals surface area (Å²) >= 11 is 0. The van der Waals surface area contributed by atoms with E-state index in [9.17, 15) is 4.79 Å². The Morgan fingerprint density at radius 1 is 1.57 bits per heavy atom. The fourth-order valence-electron chi connectivity index (χ4n) is 2.44. The van der Waals surface area contributed by atoms with E-state index in [1.165, 1.54) is 25.7 Å². The van der Waals surface area contributed by atoms with Crippen molar-refractivity contribution in [2.24, 2.45) is 5.41 Å². The fourth-order valence-corrected chi connectivity index (χ4v) is 2.44. The Hall–Kier alpha value is -0.570. The van der Waals surface area contributed by atoms with Crippen LogP contribution in [0.25, 0.3) is 0 Å². The van der Waals surface area contributed by atoms with Crippen LogP contribution in [0, 0.1) is 5.41 Å². The van der Waals surface area contributed by atoms with E-state index in [4.69, 9.17) is 0 Å². The molecule has 80 valence electrons. The van der Waals surface area contributed by atoms with Crippen LogP contribution in [0.15, 0.2) is 0 Å². The van der Waals surface area contributed by atoms with Gasteiger partial charge in [-0.05, 0) is 31.6 Å². The number of nitrogens with zero attached hydrogens (tertiary/aromatic N) is 1. The second kappa shape index (κ2) is 3.54. The third-order valence-corrected chi connectivity index (χ3v) is 3.58. The number of hydrogen-bond donors (Lipinski definition) is 1. The Balaban J connectivity index is 1.93. The highest BCUT2D eigenvalue weighted by Gasteiger charge is 2.45. The number of hydrogen-bond acceptors (Lipinski definition) is 2. The van der Waals surface area contributed by atoms with Crippen molar-refractivity contribution in [1.29, 1.82) is 0 Å². The molecule has 0 aromatic heterocycles. The summed E-state index contributed by atoms with van der Waals surface area (Å²) < 4.78 is 0. The molecule has 1 saturated heterocycles. The normalized spacial score (nSPS) is 29.7. The van der Waals surface area contributed by atoms with Gasteiger partial charge >= 0.3 is 0 Å². The molecule has 1 atom stereocenters. The van der Waals surface area contributed by atoms with Crippen LogP contribution in [0.3, 0.4) is 0 Å². The Morgan fingerprint density at radius 3 is 2.71 bits per heavy atom. The van der Waals surface area contributed by atoms with Crippen LogP contribution >= 0.6 is 0 Å². The van der Waals surface area contributed by atoms with Crippen LogP contribution in [0.1, 0.15) is 39.5 Å². The highest BCUT2D eigenvalue weighted by molar-refractivity contribution is 5.80. The van der Waals surface area contributed by atoms with E-state index in [1.54, 1.807) is 0 Å². The van der Waals surface area contributed by atoms with E-state index < -0.39 is 0 Å². The summed E-state index contributed by atoms with van der Waals surface area (Å²) in [5.41, 5.74) is 0.491. The summed E-state index contributed by atoms with van der Waals surface area (Å²) in [6.07, 6.45) is 5.40. The maximum atomic E-state index is 11.6. The number of nitrogens with one attached hydrogen (secondary N) is 1. The Morgan fingerprint density at radius 2 is 2.29 bits per heavy atom. The minimum atomic E-state index is 0.247. The van der Waals surface area contributed by atoms with E-state index in [2.05, 4.69) is 19.2 Å². The fraction of sp³-hybridized carbons (Fsp3) is 0.909. The summed E-state index contributed by atoms with van der Waals surface area (Å²) in [5, 5.41) is 3.19. The highest BCUT2D eigenvalue weighted by Crippen LogP contribution is 2.50. The van der Waals surface area contributed by atoms with Crippen molar-refractivity contribution in [2.75, 3.05) is 13.1 Å². The first-order valence-electron chi connectivity index (χ1n) is 5.70. The zero-order valence-electron chi connectivity index (χ0n) is 9.18. The van der Waals surface area contributed by atoms with Crippen molar-refractivity contribution in [3.63, 3.8) is 0 Å². The van der Waals surface area contributed by atoms with E-state index in [-0.39, 0.29) is 12.1 Å². The molecule has 14 heavy (non-hydrogen) atoms. The van der Waals surface area contributed by atoms with Crippen molar-refractivity contribution in [1.82, 2.24) is 10.2 Å². The summed E-state index contributed by atoms with van der Waals surface area (Å²) in [6.45, 7) is 5.82. The standard InChI is InChI=1S/C11H20N2O/c1-3-4-11(5-6-11)8-13-9(2)12-7-10(13)14/h9,12H,3-8H2,1-2H3. The molecule has 0 spiro atoms. The monoisotopic (exact) mass is 196 g/mol. The van der Waals surface area contributed by atoms with Crippen molar-refractivity contribution >= 4 is 5.91 Å². The van der Waals surface area contributed by atoms with Crippen LogP contribution < -0.4 is 5.32 Å². The molecular weight excluding hydrogens is 176 g/mol. The van der Waals surface area contributed by atoms with Gasteiger partial charge in [0.05, 0.1) is 12.7 Å². The van der Waals surface area contributed by atoms with Gasteiger partial charge in [0.25, 0.3) is 0 Å². The Kier molecular flexibility index (Phi) is 2.52. The maximum Gasteiger partial charge on any atom is 0.237 e. The lowest BCUT2D eigenvalue weighted by atomic mass is 10.00. The first-order valence-corrected chi connectivity index (χ1v) is 5.70. The molecule has 2 fully saturated rings. The van der Waals surface area contributed by atoms with E-state index >= 15 is 0 Å². The molecule has 3 nitrogen and oxygen atoms in total. The van der Waals surface area contributed by atoms with E-state index in [0.29, 0.717) is 12.0 Å². The van der Waals surface area contributed by atoms with E-state index in [0.717, 1.165) is 6.54 Å². The van der Waals surface area contributed by atoms with Crippen molar-refractivity contribution < 1.29 is 4.79 Å². The molecule has 1 heterocycles. The van der Waals surface area contributed by atoms with Gasteiger partial charge in [-0.1, -0.05) is 13.3 Å².